The van der Waals surface area contributed by atoms with Gasteiger partial charge >= 0.3 is 0 Å². The van der Waals surface area contributed by atoms with Crippen molar-refractivity contribution in [3.8, 4) is 11.3 Å². The zero-order chi connectivity index (χ0) is 26.3. The van der Waals surface area contributed by atoms with Crippen LogP contribution in [0.3, 0.4) is 0 Å². The van der Waals surface area contributed by atoms with E-state index in [-0.39, 0.29) is 0 Å². The highest BCUT2D eigenvalue weighted by atomic mass is 35.5. The highest BCUT2D eigenvalue weighted by Gasteiger charge is 2.28. The van der Waals surface area contributed by atoms with Gasteiger partial charge in [0.05, 0.1) is 30.1 Å². The van der Waals surface area contributed by atoms with Gasteiger partial charge in [0.2, 0.25) is 5.95 Å². The third-order valence-corrected chi connectivity index (χ3v) is 8.75. The summed E-state index contributed by atoms with van der Waals surface area (Å²) in [5.41, 5.74) is 7.74. The maximum atomic E-state index is 6.61. The number of fused-ring (bicyclic) bond motifs is 1. The van der Waals surface area contributed by atoms with E-state index in [1.54, 1.807) is 6.20 Å². The van der Waals surface area contributed by atoms with Crippen molar-refractivity contribution < 1.29 is 4.74 Å². The maximum Gasteiger partial charge on any atom is 0.227 e. The van der Waals surface area contributed by atoms with Crippen LogP contribution in [0.1, 0.15) is 42.7 Å². The largest absolute Gasteiger partial charge is 0.379 e. The molecule has 1 saturated carbocycles. The number of halogens is 1. The summed E-state index contributed by atoms with van der Waals surface area (Å²) in [6.07, 6.45) is 8.61. The number of aromatic nitrogens is 3. The summed E-state index contributed by atoms with van der Waals surface area (Å²) in [7, 11) is 0. The van der Waals surface area contributed by atoms with Gasteiger partial charge in [0.15, 0.2) is 0 Å². The van der Waals surface area contributed by atoms with Gasteiger partial charge in [-0.2, -0.15) is 0 Å². The molecule has 8 heteroatoms. The van der Waals surface area contributed by atoms with Crippen LogP contribution in [0.15, 0.2) is 48.8 Å². The van der Waals surface area contributed by atoms with E-state index in [1.165, 1.54) is 42.5 Å². The topological polar surface area (TPSA) is 69.3 Å². The lowest BCUT2D eigenvalue weighted by Crippen LogP contribution is -2.49. The summed E-state index contributed by atoms with van der Waals surface area (Å²) >= 11 is 6.61. The monoisotopic (exact) mass is 542 g/mol. The Morgan fingerprint density at radius 1 is 1.00 bits per heavy atom. The van der Waals surface area contributed by atoms with E-state index < -0.39 is 0 Å². The highest BCUT2D eigenvalue weighted by Crippen LogP contribution is 2.43. The van der Waals surface area contributed by atoms with Crippen LogP contribution < -0.4 is 10.2 Å². The Labute approximate surface area is 234 Å². The quantitative estimate of drug-likeness (QED) is 0.289. The third-order valence-electron chi connectivity index (χ3n) is 8.47. The molecule has 2 saturated heterocycles. The number of rotatable bonds is 6. The highest BCUT2D eigenvalue weighted by molar-refractivity contribution is 6.33. The smallest absolute Gasteiger partial charge is 0.227 e. The molecule has 2 aromatic carbocycles. The molecular weight excluding hydrogens is 508 g/mol. The molecule has 4 aromatic rings. The molecular formula is C31H35ClN6O. The first-order chi connectivity index (χ1) is 19.1. The molecule has 2 aromatic heterocycles. The summed E-state index contributed by atoms with van der Waals surface area (Å²) in [4.78, 5) is 18.0. The second-order valence-corrected chi connectivity index (χ2v) is 11.6. The van der Waals surface area contributed by atoms with Crippen LogP contribution in [-0.4, -0.2) is 65.3 Å². The van der Waals surface area contributed by atoms with Gasteiger partial charge in [-0.15, -0.1) is 0 Å². The number of aryl methyl sites for hydroxylation is 1. The number of benzene rings is 2. The van der Waals surface area contributed by atoms with Crippen LogP contribution in [0.5, 0.6) is 0 Å². The minimum atomic E-state index is 0.539. The number of nitrogens with one attached hydrogen (secondary N) is 2. The number of piperidine rings is 1. The average molecular weight is 543 g/mol. The van der Waals surface area contributed by atoms with E-state index in [1.807, 2.05) is 6.20 Å². The number of H-pyrrole nitrogens is 1. The molecule has 202 valence electrons. The van der Waals surface area contributed by atoms with Gasteiger partial charge in [-0.3, -0.25) is 4.90 Å². The summed E-state index contributed by atoms with van der Waals surface area (Å²) in [6, 6.07) is 14.0. The predicted molar refractivity (Wildman–Crippen MR) is 158 cm³/mol. The SMILES string of the molecule is Cc1ccc2c(-c3nc(Nc4cc(C5CC5)cc(N5CCC(N6CCOCC6)CC5)c4)ncc3Cl)c[nH]c2c1. The lowest BCUT2D eigenvalue weighted by atomic mass is 10.0. The Hall–Kier alpha value is -3.13. The van der Waals surface area contributed by atoms with Gasteiger partial charge in [-0.1, -0.05) is 23.7 Å². The van der Waals surface area contributed by atoms with Crippen molar-refractivity contribution >= 4 is 39.8 Å². The Bertz CT molecular complexity index is 1480. The van der Waals surface area contributed by atoms with E-state index in [4.69, 9.17) is 21.3 Å². The molecule has 0 atom stereocenters. The molecule has 0 spiro atoms. The van der Waals surface area contributed by atoms with E-state index in [0.717, 1.165) is 67.2 Å². The molecule has 0 unspecified atom stereocenters. The van der Waals surface area contributed by atoms with Crippen molar-refractivity contribution in [2.24, 2.45) is 0 Å². The van der Waals surface area contributed by atoms with Gasteiger partial charge in [0.1, 0.15) is 0 Å². The van der Waals surface area contributed by atoms with Crippen molar-refractivity contribution in [2.75, 3.05) is 49.6 Å². The van der Waals surface area contributed by atoms with Gasteiger partial charge in [-0.25, -0.2) is 9.97 Å². The van der Waals surface area contributed by atoms with Gasteiger partial charge < -0.3 is 19.9 Å². The first kappa shape index (κ1) is 24.9. The molecule has 39 heavy (non-hydrogen) atoms. The van der Waals surface area contributed by atoms with Crippen LogP contribution in [-0.2, 0) is 4.74 Å². The molecule has 2 aliphatic heterocycles. The zero-order valence-electron chi connectivity index (χ0n) is 22.4. The summed E-state index contributed by atoms with van der Waals surface area (Å²) in [5, 5.41) is 5.16. The molecule has 2 N–H and O–H groups in total. The van der Waals surface area contributed by atoms with Crippen LogP contribution in [0, 0.1) is 6.92 Å². The molecule has 0 radical (unpaired) electrons. The summed E-state index contributed by atoms with van der Waals surface area (Å²) in [6.45, 7) is 8.12. The normalized spacial score (nSPS) is 19.1. The summed E-state index contributed by atoms with van der Waals surface area (Å²) in [5.74, 6) is 1.22. The minimum absolute atomic E-state index is 0.539. The number of aromatic amines is 1. The molecule has 3 fully saturated rings. The Morgan fingerprint density at radius 3 is 2.62 bits per heavy atom. The summed E-state index contributed by atoms with van der Waals surface area (Å²) < 4.78 is 5.56. The number of hydrogen-bond acceptors (Lipinski definition) is 6. The van der Waals surface area contributed by atoms with Crippen molar-refractivity contribution in [1.29, 1.82) is 0 Å². The lowest BCUT2D eigenvalue weighted by Gasteiger charge is -2.41. The average Bonchev–Trinajstić information content (AvgIpc) is 3.74. The first-order valence-corrected chi connectivity index (χ1v) is 14.6. The number of anilines is 3. The van der Waals surface area contributed by atoms with E-state index in [9.17, 15) is 0 Å². The number of morpholine rings is 1. The van der Waals surface area contributed by atoms with Gasteiger partial charge in [-0.05, 0) is 73.9 Å². The molecule has 1 aliphatic carbocycles. The van der Waals surface area contributed by atoms with Crippen LogP contribution >= 0.6 is 11.6 Å². The van der Waals surface area contributed by atoms with Crippen molar-refractivity contribution in [3.63, 3.8) is 0 Å². The number of hydrogen-bond donors (Lipinski definition) is 2. The van der Waals surface area contributed by atoms with Crippen molar-refractivity contribution in [2.45, 2.75) is 44.6 Å². The fourth-order valence-corrected chi connectivity index (χ4v) is 6.35. The second kappa shape index (κ2) is 10.5. The Kier molecular flexibility index (Phi) is 6.67. The second-order valence-electron chi connectivity index (χ2n) is 11.2. The van der Waals surface area contributed by atoms with Crippen LogP contribution in [0.2, 0.25) is 5.02 Å². The predicted octanol–water partition coefficient (Wildman–Crippen LogP) is 6.51. The lowest BCUT2D eigenvalue weighted by molar-refractivity contribution is 0.0115. The molecule has 0 bridgehead atoms. The molecule has 3 aliphatic rings. The molecule has 7 rings (SSSR count). The number of ether oxygens (including phenoxy) is 1. The van der Waals surface area contributed by atoms with Gasteiger partial charge in [0, 0.05) is 66.3 Å². The fraction of sp³-hybridized carbons (Fsp3) is 0.419. The fourth-order valence-electron chi connectivity index (χ4n) is 6.15. The zero-order valence-corrected chi connectivity index (χ0v) is 23.2. The van der Waals surface area contributed by atoms with E-state index >= 15 is 0 Å². The molecule has 7 nitrogen and oxygen atoms in total. The van der Waals surface area contributed by atoms with Gasteiger partial charge in [0.25, 0.3) is 0 Å². The maximum absolute atomic E-state index is 6.61. The standard InChI is InChI=1S/C31H35ClN6O/c1-20-2-5-26-27(18-33-29(26)14-20)30-28(32)19-34-31(36-30)35-23-15-22(21-3-4-21)16-25(17-23)37-8-6-24(7-9-37)38-10-12-39-13-11-38/h2,5,14-19,21,24,33H,3-4,6-13H2,1H3,(H,34,35,36). The molecule has 0 amide bonds. The number of nitrogens with zero attached hydrogens (tertiary/aromatic N) is 4. The minimum Gasteiger partial charge on any atom is -0.379 e. The van der Waals surface area contributed by atoms with E-state index in [2.05, 4.69) is 68.4 Å². The van der Waals surface area contributed by atoms with Crippen molar-refractivity contribution in [3.05, 3.63) is 64.9 Å². The Morgan fingerprint density at radius 2 is 1.82 bits per heavy atom. The molecule has 4 heterocycles. The van der Waals surface area contributed by atoms with Crippen molar-refractivity contribution in [1.82, 2.24) is 19.9 Å². The van der Waals surface area contributed by atoms with Crippen LogP contribution in [0.4, 0.5) is 17.3 Å². The van der Waals surface area contributed by atoms with Crippen LogP contribution in [0.25, 0.3) is 22.2 Å². The Balaban J connectivity index is 1.13. The third kappa shape index (κ3) is 5.23. The van der Waals surface area contributed by atoms with E-state index in [0.29, 0.717) is 22.9 Å². The first-order valence-electron chi connectivity index (χ1n) is 14.2.